The maximum atomic E-state index is 13.0. The van der Waals surface area contributed by atoms with Gasteiger partial charge >= 0.3 is 0 Å². The predicted octanol–water partition coefficient (Wildman–Crippen LogP) is 5.38. The number of benzene rings is 3. The summed E-state index contributed by atoms with van der Waals surface area (Å²) in [6, 6.07) is 16.8. The van der Waals surface area contributed by atoms with Crippen LogP contribution in [0.2, 0.25) is 0 Å². The molecule has 0 aliphatic carbocycles. The number of carbonyl (C=O) groups is 1. The number of thiocarbonyl (C=S) groups is 1. The van der Waals surface area contributed by atoms with Crippen molar-refractivity contribution < 1.29 is 13.6 Å². The molecular weight excluding hydrogens is 401 g/mol. The average Bonchev–Trinajstić information content (AvgIpc) is 3.13. The normalized spacial score (nSPS) is 10.8. The third kappa shape index (κ3) is 4.21. The van der Waals surface area contributed by atoms with Gasteiger partial charge in [0.15, 0.2) is 10.7 Å². The number of aromatic nitrogens is 1. The van der Waals surface area contributed by atoms with Crippen LogP contribution in [0.4, 0.5) is 10.1 Å². The van der Waals surface area contributed by atoms with E-state index < -0.39 is 11.7 Å². The van der Waals surface area contributed by atoms with Crippen molar-refractivity contribution in [1.29, 1.82) is 0 Å². The molecule has 0 radical (unpaired) electrons. The maximum absolute atomic E-state index is 13.0. The molecule has 0 spiro atoms. The number of anilines is 1. The second-order valence-corrected chi connectivity index (χ2v) is 7.34. The van der Waals surface area contributed by atoms with Crippen LogP contribution in [0.3, 0.4) is 0 Å². The Kier molecular flexibility index (Phi) is 5.29. The van der Waals surface area contributed by atoms with Gasteiger partial charge in [0.25, 0.3) is 5.91 Å². The summed E-state index contributed by atoms with van der Waals surface area (Å²) in [5.41, 5.74) is 5.35. The van der Waals surface area contributed by atoms with Gasteiger partial charge in [-0.15, -0.1) is 0 Å². The fourth-order valence-electron chi connectivity index (χ4n) is 2.98. The number of fused-ring (bicyclic) bond motifs is 1. The number of nitrogens with one attached hydrogen (secondary N) is 2. The van der Waals surface area contributed by atoms with E-state index in [1.165, 1.54) is 24.3 Å². The van der Waals surface area contributed by atoms with Crippen molar-refractivity contribution in [3.8, 4) is 11.5 Å². The molecule has 1 heterocycles. The number of carbonyl (C=O) groups excluding carboxylic acids is 1. The van der Waals surface area contributed by atoms with Gasteiger partial charge in [-0.25, -0.2) is 9.37 Å². The molecule has 0 unspecified atom stereocenters. The summed E-state index contributed by atoms with van der Waals surface area (Å²) in [6.45, 7) is 3.92. The van der Waals surface area contributed by atoms with Crippen LogP contribution >= 0.6 is 12.2 Å². The molecule has 5 nitrogen and oxygen atoms in total. The van der Waals surface area contributed by atoms with Gasteiger partial charge < -0.3 is 9.73 Å². The molecule has 3 aromatic carbocycles. The first-order chi connectivity index (χ1) is 14.4. The Morgan fingerprint density at radius 3 is 2.57 bits per heavy atom. The first kappa shape index (κ1) is 19.7. The first-order valence-corrected chi connectivity index (χ1v) is 9.66. The van der Waals surface area contributed by atoms with Crippen LogP contribution < -0.4 is 10.6 Å². The standard InChI is InChI=1S/C23H18FN3O2S/c1-13-3-10-18-20(11-13)29-22(25-18)16-5-4-14(2)19(12-16)26-23(30)27-21(28)15-6-8-17(24)9-7-15/h3-12H,1-2H3,(H2,26,27,28,30). The molecule has 7 heteroatoms. The molecule has 0 saturated heterocycles. The van der Waals surface area contributed by atoms with Gasteiger partial charge in [-0.2, -0.15) is 0 Å². The smallest absolute Gasteiger partial charge is 0.257 e. The molecule has 2 N–H and O–H groups in total. The van der Waals surface area contributed by atoms with Crippen molar-refractivity contribution in [3.63, 3.8) is 0 Å². The van der Waals surface area contributed by atoms with Crippen LogP contribution in [0.25, 0.3) is 22.6 Å². The minimum atomic E-state index is -0.421. The summed E-state index contributed by atoms with van der Waals surface area (Å²) in [5.74, 6) is -0.329. The lowest BCUT2D eigenvalue weighted by atomic mass is 10.1. The minimum Gasteiger partial charge on any atom is -0.436 e. The SMILES string of the molecule is Cc1ccc2nc(-c3ccc(C)c(NC(=S)NC(=O)c4ccc(F)cc4)c3)oc2c1. The van der Waals surface area contributed by atoms with E-state index in [4.69, 9.17) is 16.6 Å². The van der Waals surface area contributed by atoms with E-state index in [0.29, 0.717) is 11.5 Å². The molecule has 30 heavy (non-hydrogen) atoms. The summed E-state index contributed by atoms with van der Waals surface area (Å²) in [7, 11) is 0. The third-order valence-corrected chi connectivity index (χ3v) is 4.81. The van der Waals surface area contributed by atoms with Crippen LogP contribution in [-0.2, 0) is 0 Å². The highest BCUT2D eigenvalue weighted by Gasteiger charge is 2.12. The lowest BCUT2D eigenvalue weighted by Gasteiger charge is -2.12. The maximum Gasteiger partial charge on any atom is 0.257 e. The third-order valence-electron chi connectivity index (χ3n) is 4.61. The Hall–Kier alpha value is -3.58. The number of aryl methyl sites for hydroxylation is 2. The lowest BCUT2D eigenvalue weighted by Crippen LogP contribution is -2.34. The lowest BCUT2D eigenvalue weighted by molar-refractivity contribution is 0.0977. The van der Waals surface area contributed by atoms with Crippen LogP contribution in [0.5, 0.6) is 0 Å². The zero-order valence-corrected chi connectivity index (χ0v) is 17.1. The Morgan fingerprint density at radius 2 is 1.80 bits per heavy atom. The first-order valence-electron chi connectivity index (χ1n) is 9.25. The number of hydrogen-bond acceptors (Lipinski definition) is 4. The quantitative estimate of drug-likeness (QED) is 0.437. The van der Waals surface area contributed by atoms with Crippen molar-refractivity contribution in [2.24, 2.45) is 0 Å². The van der Waals surface area contributed by atoms with Crippen molar-refractivity contribution in [2.75, 3.05) is 5.32 Å². The zero-order chi connectivity index (χ0) is 21.3. The van der Waals surface area contributed by atoms with Gasteiger partial charge in [-0.3, -0.25) is 10.1 Å². The summed E-state index contributed by atoms with van der Waals surface area (Å²) in [4.78, 5) is 16.8. The minimum absolute atomic E-state index is 0.137. The Labute approximate surface area is 177 Å². The number of amides is 1. The van der Waals surface area contributed by atoms with Gasteiger partial charge in [0.05, 0.1) is 0 Å². The molecule has 1 aromatic heterocycles. The summed E-state index contributed by atoms with van der Waals surface area (Å²) >= 11 is 5.27. The van der Waals surface area contributed by atoms with Crippen LogP contribution in [0.1, 0.15) is 21.5 Å². The molecule has 0 aliphatic heterocycles. The molecule has 4 rings (SSSR count). The van der Waals surface area contributed by atoms with Crippen molar-refractivity contribution in [2.45, 2.75) is 13.8 Å². The molecule has 0 saturated carbocycles. The molecule has 0 atom stereocenters. The molecule has 0 bridgehead atoms. The number of rotatable bonds is 3. The summed E-state index contributed by atoms with van der Waals surface area (Å²) < 4.78 is 18.9. The molecule has 4 aromatic rings. The average molecular weight is 419 g/mol. The van der Waals surface area contributed by atoms with Crippen molar-refractivity contribution in [3.05, 3.63) is 83.2 Å². The van der Waals surface area contributed by atoms with Crippen LogP contribution in [-0.4, -0.2) is 16.0 Å². The van der Waals surface area contributed by atoms with Gasteiger partial charge in [-0.1, -0.05) is 12.1 Å². The zero-order valence-electron chi connectivity index (χ0n) is 16.3. The van der Waals surface area contributed by atoms with E-state index >= 15 is 0 Å². The fourth-order valence-corrected chi connectivity index (χ4v) is 3.18. The molecule has 150 valence electrons. The van der Waals surface area contributed by atoms with E-state index in [1.54, 1.807) is 0 Å². The summed E-state index contributed by atoms with van der Waals surface area (Å²) in [6.07, 6.45) is 0. The van der Waals surface area contributed by atoms with Gasteiger partial charge in [0.1, 0.15) is 11.3 Å². The van der Waals surface area contributed by atoms with Crippen LogP contribution in [0.15, 0.2) is 65.1 Å². The van der Waals surface area contributed by atoms with Crippen molar-refractivity contribution >= 4 is 40.0 Å². The van der Waals surface area contributed by atoms with Gasteiger partial charge in [0.2, 0.25) is 5.89 Å². The Morgan fingerprint density at radius 1 is 1.03 bits per heavy atom. The number of halogens is 1. The highest BCUT2D eigenvalue weighted by atomic mass is 32.1. The van der Waals surface area contributed by atoms with E-state index in [9.17, 15) is 9.18 Å². The molecule has 0 aliphatic rings. The van der Waals surface area contributed by atoms with Gasteiger partial charge in [0, 0.05) is 16.8 Å². The number of hydrogen-bond donors (Lipinski definition) is 2. The predicted molar refractivity (Wildman–Crippen MR) is 119 cm³/mol. The highest BCUT2D eigenvalue weighted by molar-refractivity contribution is 7.80. The highest BCUT2D eigenvalue weighted by Crippen LogP contribution is 2.28. The number of oxazole rings is 1. The topological polar surface area (TPSA) is 67.2 Å². The Balaban J connectivity index is 1.53. The van der Waals surface area contributed by atoms with E-state index in [1.807, 2.05) is 50.2 Å². The second-order valence-electron chi connectivity index (χ2n) is 6.94. The van der Waals surface area contributed by atoms with E-state index in [0.717, 1.165) is 33.5 Å². The monoisotopic (exact) mass is 419 g/mol. The second kappa shape index (κ2) is 8.04. The number of nitrogens with zero attached hydrogens (tertiary/aromatic N) is 1. The van der Waals surface area contributed by atoms with E-state index in [2.05, 4.69) is 15.6 Å². The largest absolute Gasteiger partial charge is 0.436 e. The molecule has 1 amide bonds. The van der Waals surface area contributed by atoms with Crippen LogP contribution in [0, 0.1) is 19.7 Å². The van der Waals surface area contributed by atoms with E-state index in [-0.39, 0.29) is 5.11 Å². The fraction of sp³-hybridized carbons (Fsp3) is 0.0870. The van der Waals surface area contributed by atoms with Gasteiger partial charge in [-0.05, 0) is 85.7 Å². The summed E-state index contributed by atoms with van der Waals surface area (Å²) in [5, 5.41) is 5.77. The molecule has 0 fully saturated rings. The molecular formula is C23H18FN3O2S. The van der Waals surface area contributed by atoms with Crippen molar-refractivity contribution in [1.82, 2.24) is 10.3 Å². The Bertz CT molecular complexity index is 1270.